The van der Waals surface area contributed by atoms with E-state index in [4.69, 9.17) is 4.74 Å². The highest BCUT2D eigenvalue weighted by Crippen LogP contribution is 2.18. The molecule has 0 aliphatic carbocycles. The molecule has 1 rings (SSSR count). The van der Waals surface area contributed by atoms with Crippen molar-refractivity contribution in [3.05, 3.63) is 29.6 Å². The Morgan fingerprint density at radius 3 is 2.68 bits per heavy atom. The Hall–Kier alpha value is -1.91. The van der Waals surface area contributed by atoms with E-state index in [1.165, 1.54) is 12.1 Å². The van der Waals surface area contributed by atoms with E-state index in [0.29, 0.717) is 12.8 Å². The van der Waals surface area contributed by atoms with Gasteiger partial charge >= 0.3 is 6.09 Å². The molecule has 0 bridgehead atoms. The summed E-state index contributed by atoms with van der Waals surface area (Å²) in [6.45, 7) is 5.18. The topological polar surface area (TPSA) is 55.4 Å². The molecular weight excluding hydrogens is 249 g/mol. The van der Waals surface area contributed by atoms with E-state index in [1.54, 1.807) is 26.8 Å². The maximum absolute atomic E-state index is 13.5. The fourth-order valence-electron chi connectivity index (χ4n) is 1.46. The number of anilines is 1. The Morgan fingerprint density at radius 1 is 1.42 bits per heavy atom. The third kappa shape index (κ3) is 5.50. The summed E-state index contributed by atoms with van der Waals surface area (Å²) in [5.74, 6) is -0.541. The van der Waals surface area contributed by atoms with Crippen LogP contribution in [0, 0.1) is 5.82 Å². The molecule has 1 amide bonds. The molecule has 0 spiro atoms. The zero-order valence-corrected chi connectivity index (χ0v) is 11.3. The number of nitrogens with one attached hydrogen (secondary N) is 1. The number of aryl methyl sites for hydroxylation is 1. The minimum absolute atomic E-state index is 0.0534. The van der Waals surface area contributed by atoms with Gasteiger partial charge in [-0.15, -0.1) is 0 Å². The summed E-state index contributed by atoms with van der Waals surface area (Å²) in [5.41, 5.74) is 0.188. The average Bonchev–Trinajstić information content (AvgIpc) is 2.27. The number of rotatable bonds is 4. The van der Waals surface area contributed by atoms with Crippen LogP contribution in [0.4, 0.5) is 14.9 Å². The van der Waals surface area contributed by atoms with Gasteiger partial charge in [0.05, 0.1) is 5.69 Å². The third-order valence-corrected chi connectivity index (χ3v) is 2.22. The number of carbonyl (C=O) groups excluding carboxylic acids is 2. The molecule has 0 radical (unpaired) electrons. The van der Waals surface area contributed by atoms with Crippen molar-refractivity contribution in [2.24, 2.45) is 0 Å². The summed E-state index contributed by atoms with van der Waals surface area (Å²) in [7, 11) is 0. The van der Waals surface area contributed by atoms with Crippen LogP contribution in [0.3, 0.4) is 0 Å². The van der Waals surface area contributed by atoms with Crippen molar-refractivity contribution in [2.75, 3.05) is 5.32 Å². The molecule has 0 saturated carbocycles. The van der Waals surface area contributed by atoms with Crippen LogP contribution >= 0.6 is 0 Å². The fraction of sp³-hybridized carbons (Fsp3) is 0.429. The maximum Gasteiger partial charge on any atom is 0.412 e. The van der Waals surface area contributed by atoms with Gasteiger partial charge < -0.3 is 9.53 Å². The van der Waals surface area contributed by atoms with Gasteiger partial charge in [0, 0.05) is 6.42 Å². The van der Waals surface area contributed by atoms with Crippen LogP contribution in [0.1, 0.15) is 32.8 Å². The lowest BCUT2D eigenvalue weighted by molar-refractivity contribution is -0.107. The minimum atomic E-state index is -0.709. The predicted octanol–water partition coefficient (Wildman–Crippen LogP) is 3.30. The fourth-order valence-corrected chi connectivity index (χ4v) is 1.46. The lowest BCUT2D eigenvalue weighted by Crippen LogP contribution is -2.27. The van der Waals surface area contributed by atoms with Gasteiger partial charge in [-0.25, -0.2) is 9.18 Å². The zero-order chi connectivity index (χ0) is 14.5. The number of halogens is 1. The Balaban J connectivity index is 2.76. The van der Waals surface area contributed by atoms with Crippen LogP contribution in [0.2, 0.25) is 0 Å². The maximum atomic E-state index is 13.5. The van der Waals surface area contributed by atoms with Gasteiger partial charge in [0.15, 0.2) is 0 Å². The lowest BCUT2D eigenvalue weighted by Gasteiger charge is -2.20. The molecule has 0 unspecified atom stereocenters. The molecule has 0 fully saturated rings. The molecule has 0 heterocycles. The minimum Gasteiger partial charge on any atom is -0.444 e. The monoisotopic (exact) mass is 267 g/mol. The van der Waals surface area contributed by atoms with Crippen molar-refractivity contribution in [2.45, 2.75) is 39.2 Å². The summed E-state index contributed by atoms with van der Waals surface area (Å²) in [4.78, 5) is 21.9. The molecule has 0 saturated heterocycles. The SMILES string of the molecule is CC(C)(C)OC(=O)Nc1cc(CCC=O)ccc1F. The van der Waals surface area contributed by atoms with Crippen molar-refractivity contribution in [1.82, 2.24) is 0 Å². The van der Waals surface area contributed by atoms with Gasteiger partial charge in [0.2, 0.25) is 0 Å². The Morgan fingerprint density at radius 2 is 2.11 bits per heavy atom. The largest absolute Gasteiger partial charge is 0.444 e. The number of ether oxygens (including phenoxy) is 1. The lowest BCUT2D eigenvalue weighted by atomic mass is 10.1. The van der Waals surface area contributed by atoms with E-state index in [9.17, 15) is 14.0 Å². The number of benzene rings is 1. The van der Waals surface area contributed by atoms with Gasteiger partial charge in [-0.1, -0.05) is 6.07 Å². The summed E-state index contributed by atoms with van der Waals surface area (Å²) < 4.78 is 18.6. The van der Waals surface area contributed by atoms with Crippen LogP contribution in [0.15, 0.2) is 18.2 Å². The smallest absolute Gasteiger partial charge is 0.412 e. The second-order valence-electron chi connectivity index (χ2n) is 5.15. The highest BCUT2D eigenvalue weighted by molar-refractivity contribution is 5.85. The van der Waals surface area contributed by atoms with Crippen LogP contribution < -0.4 is 5.32 Å². The van der Waals surface area contributed by atoms with E-state index in [2.05, 4.69) is 5.32 Å². The molecule has 1 N–H and O–H groups in total. The molecule has 0 aliphatic rings. The van der Waals surface area contributed by atoms with Crippen LogP contribution in [-0.2, 0) is 16.0 Å². The molecular formula is C14H18FNO3. The first-order chi connectivity index (χ1) is 8.81. The van der Waals surface area contributed by atoms with E-state index in [1.807, 2.05) is 0 Å². The Kier molecular flexibility index (Phi) is 5.03. The summed E-state index contributed by atoms with van der Waals surface area (Å²) >= 11 is 0. The highest BCUT2D eigenvalue weighted by Gasteiger charge is 2.17. The van der Waals surface area contributed by atoms with Gasteiger partial charge in [-0.2, -0.15) is 0 Å². The van der Waals surface area contributed by atoms with Crippen molar-refractivity contribution in [3.8, 4) is 0 Å². The number of amides is 1. The van der Waals surface area contributed by atoms with Crippen molar-refractivity contribution < 1.29 is 18.7 Å². The summed E-state index contributed by atoms with van der Waals surface area (Å²) in [5, 5.41) is 2.36. The van der Waals surface area contributed by atoms with Crippen LogP contribution in [-0.4, -0.2) is 18.0 Å². The van der Waals surface area contributed by atoms with Crippen LogP contribution in [0.25, 0.3) is 0 Å². The third-order valence-electron chi connectivity index (χ3n) is 2.22. The quantitative estimate of drug-likeness (QED) is 0.851. The van der Waals surface area contributed by atoms with Crippen molar-refractivity contribution in [1.29, 1.82) is 0 Å². The predicted molar refractivity (Wildman–Crippen MR) is 70.6 cm³/mol. The molecule has 1 aromatic carbocycles. The van der Waals surface area contributed by atoms with Gasteiger partial charge in [0.25, 0.3) is 0 Å². The zero-order valence-electron chi connectivity index (χ0n) is 11.3. The number of hydrogen-bond acceptors (Lipinski definition) is 3. The first kappa shape index (κ1) is 15.1. The standard InChI is InChI=1S/C14H18FNO3/c1-14(2,3)19-13(18)16-12-9-10(5-4-8-17)6-7-11(12)15/h6-9H,4-5H2,1-3H3,(H,16,18). The molecule has 5 heteroatoms. The summed E-state index contributed by atoms with van der Waals surface area (Å²) in [6, 6.07) is 4.34. The molecule has 0 aromatic heterocycles. The molecule has 0 aliphatic heterocycles. The van der Waals surface area contributed by atoms with Gasteiger partial charge in [-0.3, -0.25) is 5.32 Å². The summed E-state index contributed by atoms with van der Waals surface area (Å²) in [6.07, 6.45) is 0.952. The van der Waals surface area contributed by atoms with Crippen LogP contribution in [0.5, 0.6) is 0 Å². The molecule has 4 nitrogen and oxygen atoms in total. The second-order valence-corrected chi connectivity index (χ2v) is 5.15. The molecule has 1 aromatic rings. The normalized spacial score (nSPS) is 10.9. The average molecular weight is 267 g/mol. The van der Waals surface area contributed by atoms with Gasteiger partial charge in [0.1, 0.15) is 17.7 Å². The first-order valence-corrected chi connectivity index (χ1v) is 6.04. The van der Waals surface area contributed by atoms with Crippen molar-refractivity contribution in [3.63, 3.8) is 0 Å². The van der Waals surface area contributed by atoms with E-state index >= 15 is 0 Å². The number of aldehydes is 1. The Bertz CT molecular complexity index is 466. The first-order valence-electron chi connectivity index (χ1n) is 6.04. The van der Waals surface area contributed by atoms with Gasteiger partial charge in [-0.05, 0) is 44.9 Å². The highest BCUT2D eigenvalue weighted by atomic mass is 19.1. The van der Waals surface area contributed by atoms with Crippen molar-refractivity contribution >= 4 is 18.1 Å². The number of carbonyl (C=O) groups is 2. The molecule has 19 heavy (non-hydrogen) atoms. The second kappa shape index (κ2) is 6.31. The molecule has 0 atom stereocenters. The molecule has 104 valence electrons. The van der Waals surface area contributed by atoms with E-state index in [0.717, 1.165) is 11.8 Å². The Labute approximate surface area is 112 Å². The number of hydrogen-bond donors (Lipinski definition) is 1. The van der Waals surface area contributed by atoms with E-state index < -0.39 is 17.5 Å². The van der Waals surface area contributed by atoms with E-state index in [-0.39, 0.29) is 5.69 Å².